The average molecular weight is 330 g/mol. The fourth-order valence-corrected chi connectivity index (χ4v) is 2.15. The zero-order valence-corrected chi connectivity index (χ0v) is 13.9. The molecule has 2 rings (SSSR count). The molecule has 0 aliphatic rings. The molecule has 0 bridgehead atoms. The van der Waals surface area contributed by atoms with E-state index in [-0.39, 0.29) is 5.91 Å². The van der Waals surface area contributed by atoms with Gasteiger partial charge in [0.1, 0.15) is 17.2 Å². The topological polar surface area (TPSA) is 82.8 Å². The van der Waals surface area contributed by atoms with Crippen molar-refractivity contribution in [2.24, 2.45) is 0 Å². The third-order valence-electron chi connectivity index (χ3n) is 3.41. The van der Waals surface area contributed by atoms with Crippen molar-refractivity contribution in [3.63, 3.8) is 0 Å². The molecule has 6 nitrogen and oxygen atoms in total. The first-order chi connectivity index (χ1) is 11.6. The van der Waals surface area contributed by atoms with Crippen LogP contribution >= 0.6 is 0 Å². The molecule has 0 atom stereocenters. The second kappa shape index (κ2) is 8.67. The number of carbonyl (C=O) groups excluding carboxylic acids is 1. The van der Waals surface area contributed by atoms with Crippen molar-refractivity contribution in [2.75, 3.05) is 31.9 Å². The summed E-state index contributed by atoms with van der Waals surface area (Å²) >= 11 is 0. The molecule has 0 fully saturated rings. The maximum absolute atomic E-state index is 12.1. The molecule has 0 radical (unpaired) electrons. The highest BCUT2D eigenvalue weighted by atomic mass is 16.5. The summed E-state index contributed by atoms with van der Waals surface area (Å²) in [5, 5.41) is 2.82. The maximum Gasteiger partial charge on any atom is 0.224 e. The predicted octanol–water partition coefficient (Wildman–Crippen LogP) is 3.08. The van der Waals surface area contributed by atoms with Crippen molar-refractivity contribution in [3.8, 4) is 17.2 Å². The lowest BCUT2D eigenvalue weighted by Gasteiger charge is -2.12. The molecule has 0 saturated heterocycles. The Bertz CT molecular complexity index is 688. The third kappa shape index (κ3) is 4.81. The largest absolute Gasteiger partial charge is 0.497 e. The number of nitrogens with two attached hydrogens (primary N) is 1. The highest BCUT2D eigenvalue weighted by Gasteiger charge is 2.09. The maximum atomic E-state index is 12.1. The molecule has 0 saturated carbocycles. The van der Waals surface area contributed by atoms with Gasteiger partial charge in [-0.2, -0.15) is 0 Å². The third-order valence-corrected chi connectivity index (χ3v) is 3.41. The Labute approximate surface area is 141 Å². The zero-order chi connectivity index (χ0) is 17.4. The molecule has 2 aromatic carbocycles. The van der Waals surface area contributed by atoms with Gasteiger partial charge in [-0.3, -0.25) is 4.79 Å². The summed E-state index contributed by atoms with van der Waals surface area (Å²) in [6.07, 6.45) is 0.902. The van der Waals surface area contributed by atoms with Crippen LogP contribution in [0.2, 0.25) is 0 Å². The molecule has 0 heterocycles. The molecular formula is C18H22N2O4. The fraction of sp³-hybridized carbons (Fsp3) is 0.278. The van der Waals surface area contributed by atoms with E-state index in [0.29, 0.717) is 48.1 Å². The van der Waals surface area contributed by atoms with Crippen LogP contribution in [0.15, 0.2) is 42.5 Å². The number of amides is 1. The van der Waals surface area contributed by atoms with Crippen molar-refractivity contribution in [3.05, 3.63) is 42.5 Å². The molecule has 24 heavy (non-hydrogen) atoms. The first kappa shape index (κ1) is 17.5. The molecule has 1 amide bonds. The van der Waals surface area contributed by atoms with E-state index in [2.05, 4.69) is 5.32 Å². The van der Waals surface area contributed by atoms with Gasteiger partial charge in [-0.05, 0) is 30.7 Å². The van der Waals surface area contributed by atoms with Gasteiger partial charge in [0.15, 0.2) is 0 Å². The number of para-hydroxylation sites is 2. The van der Waals surface area contributed by atoms with E-state index >= 15 is 0 Å². The van der Waals surface area contributed by atoms with Crippen LogP contribution in [0.25, 0.3) is 0 Å². The molecule has 0 aromatic heterocycles. The molecule has 0 aliphatic carbocycles. The second-order valence-corrected chi connectivity index (χ2v) is 5.10. The minimum absolute atomic E-state index is 0.119. The van der Waals surface area contributed by atoms with E-state index in [9.17, 15) is 4.79 Å². The van der Waals surface area contributed by atoms with Crippen LogP contribution < -0.4 is 25.3 Å². The van der Waals surface area contributed by atoms with Crippen LogP contribution in [-0.2, 0) is 4.79 Å². The van der Waals surface area contributed by atoms with Crippen LogP contribution in [0.5, 0.6) is 17.2 Å². The van der Waals surface area contributed by atoms with Gasteiger partial charge < -0.3 is 25.3 Å². The SMILES string of the molecule is COc1ccc(OC)c(NC(=O)CCCOc2ccccc2N)c1. The quantitative estimate of drug-likeness (QED) is 0.574. The summed E-state index contributed by atoms with van der Waals surface area (Å²) in [4.78, 5) is 12.1. The Morgan fingerprint density at radius 1 is 1.08 bits per heavy atom. The van der Waals surface area contributed by atoms with Crippen LogP contribution in [0, 0.1) is 0 Å². The Balaban J connectivity index is 1.82. The van der Waals surface area contributed by atoms with Crippen molar-refractivity contribution in [2.45, 2.75) is 12.8 Å². The van der Waals surface area contributed by atoms with Gasteiger partial charge >= 0.3 is 0 Å². The number of hydrogen-bond donors (Lipinski definition) is 2. The molecular weight excluding hydrogens is 308 g/mol. The normalized spacial score (nSPS) is 10.1. The number of hydrogen-bond acceptors (Lipinski definition) is 5. The van der Waals surface area contributed by atoms with Gasteiger partial charge in [0.05, 0.1) is 32.2 Å². The second-order valence-electron chi connectivity index (χ2n) is 5.10. The molecule has 0 spiro atoms. The van der Waals surface area contributed by atoms with E-state index in [1.54, 1.807) is 44.6 Å². The van der Waals surface area contributed by atoms with Gasteiger partial charge in [-0.25, -0.2) is 0 Å². The number of rotatable bonds is 8. The summed E-state index contributed by atoms with van der Waals surface area (Å²) < 4.78 is 16.0. The lowest BCUT2D eigenvalue weighted by atomic mass is 10.2. The molecule has 3 N–H and O–H groups in total. The number of nitrogen functional groups attached to an aromatic ring is 1. The number of ether oxygens (including phenoxy) is 3. The Hall–Kier alpha value is -2.89. The van der Waals surface area contributed by atoms with E-state index < -0.39 is 0 Å². The standard InChI is InChI=1S/C18H22N2O4/c1-22-13-9-10-17(23-2)15(12-13)20-18(21)8-5-11-24-16-7-4-3-6-14(16)19/h3-4,6-7,9-10,12H,5,8,11,19H2,1-2H3,(H,20,21). The van der Waals surface area contributed by atoms with Crippen LogP contribution in [-0.4, -0.2) is 26.7 Å². The molecule has 0 aliphatic heterocycles. The average Bonchev–Trinajstić information content (AvgIpc) is 2.60. The van der Waals surface area contributed by atoms with Crippen molar-refractivity contribution < 1.29 is 19.0 Å². The van der Waals surface area contributed by atoms with Crippen molar-refractivity contribution in [1.29, 1.82) is 0 Å². The number of benzene rings is 2. The minimum Gasteiger partial charge on any atom is -0.497 e. The molecule has 2 aromatic rings. The van der Waals surface area contributed by atoms with Gasteiger partial charge in [-0.1, -0.05) is 12.1 Å². The lowest BCUT2D eigenvalue weighted by Crippen LogP contribution is -2.13. The first-order valence-electron chi connectivity index (χ1n) is 7.63. The number of methoxy groups -OCH3 is 2. The number of carbonyl (C=O) groups is 1. The summed E-state index contributed by atoms with van der Waals surface area (Å²) in [6, 6.07) is 12.5. The van der Waals surface area contributed by atoms with Crippen LogP contribution in [0.1, 0.15) is 12.8 Å². The van der Waals surface area contributed by atoms with Crippen molar-refractivity contribution in [1.82, 2.24) is 0 Å². The smallest absolute Gasteiger partial charge is 0.224 e. The summed E-state index contributed by atoms with van der Waals surface area (Å²) in [5.74, 6) is 1.74. The highest BCUT2D eigenvalue weighted by Crippen LogP contribution is 2.29. The predicted molar refractivity (Wildman–Crippen MR) is 93.8 cm³/mol. The highest BCUT2D eigenvalue weighted by molar-refractivity contribution is 5.92. The molecule has 0 unspecified atom stereocenters. The Morgan fingerprint density at radius 3 is 2.58 bits per heavy atom. The summed E-state index contributed by atoms with van der Waals surface area (Å²) in [5.41, 5.74) is 6.96. The van der Waals surface area contributed by atoms with Crippen molar-refractivity contribution >= 4 is 17.3 Å². The van der Waals surface area contributed by atoms with Gasteiger partial charge in [-0.15, -0.1) is 0 Å². The zero-order valence-electron chi connectivity index (χ0n) is 13.9. The Morgan fingerprint density at radius 2 is 1.88 bits per heavy atom. The fourth-order valence-electron chi connectivity index (χ4n) is 2.15. The van der Waals surface area contributed by atoms with Gasteiger partial charge in [0, 0.05) is 12.5 Å². The van der Waals surface area contributed by atoms with Gasteiger partial charge in [0.25, 0.3) is 0 Å². The number of nitrogens with one attached hydrogen (secondary N) is 1. The van der Waals surface area contributed by atoms with E-state index in [1.807, 2.05) is 12.1 Å². The Kier molecular flexibility index (Phi) is 6.31. The molecule has 6 heteroatoms. The van der Waals surface area contributed by atoms with Gasteiger partial charge in [0.2, 0.25) is 5.91 Å². The van der Waals surface area contributed by atoms with Crippen LogP contribution in [0.3, 0.4) is 0 Å². The van der Waals surface area contributed by atoms with E-state index in [0.717, 1.165) is 0 Å². The van der Waals surface area contributed by atoms with Crippen LogP contribution in [0.4, 0.5) is 11.4 Å². The lowest BCUT2D eigenvalue weighted by molar-refractivity contribution is -0.116. The number of anilines is 2. The summed E-state index contributed by atoms with van der Waals surface area (Å²) in [7, 11) is 3.12. The molecule has 128 valence electrons. The first-order valence-corrected chi connectivity index (χ1v) is 7.63. The van der Waals surface area contributed by atoms with E-state index in [1.165, 1.54) is 0 Å². The monoisotopic (exact) mass is 330 g/mol. The minimum atomic E-state index is -0.119. The van der Waals surface area contributed by atoms with E-state index in [4.69, 9.17) is 19.9 Å². The summed E-state index contributed by atoms with van der Waals surface area (Å²) in [6.45, 7) is 0.414.